The summed E-state index contributed by atoms with van der Waals surface area (Å²) < 4.78 is 17.8. The first-order chi connectivity index (χ1) is 10.4. The number of hydrogen-bond donors (Lipinski definition) is 1. The van der Waals surface area contributed by atoms with Crippen LogP contribution < -0.4 is 5.32 Å². The van der Waals surface area contributed by atoms with E-state index in [9.17, 15) is 4.79 Å². The Kier molecular flexibility index (Phi) is 5.08. The highest BCUT2D eigenvalue weighted by Gasteiger charge is 2.55. The Morgan fingerprint density at radius 3 is 2.13 bits per heavy atom. The average molecular weight is 325 g/mol. The molecule has 0 aromatic carbocycles. The van der Waals surface area contributed by atoms with Crippen molar-refractivity contribution >= 4 is 13.2 Å². The molecule has 23 heavy (non-hydrogen) atoms. The third-order valence-electron chi connectivity index (χ3n) is 5.14. The fraction of sp³-hybridized carbons (Fsp3) is 0.941. The van der Waals surface area contributed by atoms with E-state index in [0.29, 0.717) is 0 Å². The van der Waals surface area contributed by atoms with Gasteiger partial charge in [-0.15, -0.1) is 0 Å². The van der Waals surface area contributed by atoms with Gasteiger partial charge in [-0.2, -0.15) is 0 Å². The number of ether oxygens (including phenoxy) is 1. The van der Waals surface area contributed by atoms with Crippen LogP contribution in [0.5, 0.6) is 0 Å². The molecule has 6 heteroatoms. The molecule has 2 rings (SSSR count). The molecule has 5 nitrogen and oxygen atoms in total. The molecule has 1 heterocycles. The van der Waals surface area contributed by atoms with Crippen LogP contribution in [-0.2, 0) is 14.0 Å². The molecule has 2 unspecified atom stereocenters. The third-order valence-corrected chi connectivity index (χ3v) is 5.14. The van der Waals surface area contributed by atoms with Gasteiger partial charge in [0.2, 0.25) is 0 Å². The van der Waals surface area contributed by atoms with Crippen LogP contribution in [0.3, 0.4) is 0 Å². The summed E-state index contributed by atoms with van der Waals surface area (Å²) in [5.74, 6) is 0.164. The molecule has 0 radical (unpaired) electrons. The van der Waals surface area contributed by atoms with Gasteiger partial charge in [0, 0.05) is 11.9 Å². The molecule has 1 saturated carbocycles. The first-order valence-electron chi connectivity index (χ1n) is 8.76. The fourth-order valence-corrected chi connectivity index (χ4v) is 3.19. The largest absolute Gasteiger partial charge is 0.463 e. The maximum Gasteiger partial charge on any atom is 0.463 e. The van der Waals surface area contributed by atoms with Crippen molar-refractivity contribution in [1.82, 2.24) is 5.32 Å². The van der Waals surface area contributed by atoms with E-state index in [1.807, 2.05) is 20.8 Å². The van der Waals surface area contributed by atoms with Gasteiger partial charge in [-0.05, 0) is 54.9 Å². The van der Waals surface area contributed by atoms with E-state index in [-0.39, 0.29) is 36.3 Å². The number of amides is 1. The standard InChI is InChI=1S/C17H32BNO4/c1-15(2,3)21-14(20)19-13-11-9-8-10-12(13)18-22-16(4,5)17(6,7)23-18/h12-13H,8-11H2,1-7H3,(H,19,20). The molecule has 0 bridgehead atoms. The molecule has 0 spiro atoms. The Bertz CT molecular complexity index is 428. The quantitative estimate of drug-likeness (QED) is 0.782. The van der Waals surface area contributed by atoms with Crippen LogP contribution >= 0.6 is 0 Å². The molecule has 0 aromatic heterocycles. The predicted molar refractivity (Wildman–Crippen MR) is 91.5 cm³/mol. The molecule has 1 amide bonds. The summed E-state index contributed by atoms with van der Waals surface area (Å²) in [5, 5.41) is 3.04. The molecule has 0 aromatic rings. The zero-order chi connectivity index (χ0) is 17.5. The van der Waals surface area contributed by atoms with Gasteiger partial charge in [0.25, 0.3) is 0 Å². The van der Waals surface area contributed by atoms with Crippen LogP contribution in [0.15, 0.2) is 0 Å². The first-order valence-corrected chi connectivity index (χ1v) is 8.76. The van der Waals surface area contributed by atoms with Crippen molar-refractivity contribution < 1.29 is 18.8 Å². The normalized spacial score (nSPS) is 30.1. The number of alkyl carbamates (subject to hydrolysis) is 1. The molecule has 1 N–H and O–H groups in total. The van der Waals surface area contributed by atoms with Gasteiger partial charge in [0.15, 0.2) is 0 Å². The fourth-order valence-electron chi connectivity index (χ4n) is 3.19. The van der Waals surface area contributed by atoms with E-state index < -0.39 is 5.60 Å². The van der Waals surface area contributed by atoms with Gasteiger partial charge < -0.3 is 19.4 Å². The van der Waals surface area contributed by atoms with Gasteiger partial charge in [-0.3, -0.25) is 0 Å². The predicted octanol–water partition coefficient (Wildman–Crippen LogP) is 3.92. The molecule has 132 valence electrons. The zero-order valence-corrected chi connectivity index (χ0v) is 15.7. The van der Waals surface area contributed by atoms with Crippen molar-refractivity contribution in [2.75, 3.05) is 0 Å². The van der Waals surface area contributed by atoms with Gasteiger partial charge in [-0.1, -0.05) is 19.3 Å². The van der Waals surface area contributed by atoms with Crippen molar-refractivity contribution in [1.29, 1.82) is 0 Å². The van der Waals surface area contributed by atoms with Gasteiger partial charge >= 0.3 is 13.2 Å². The average Bonchev–Trinajstić information content (AvgIpc) is 2.56. The second-order valence-corrected chi connectivity index (χ2v) is 8.83. The molecule has 1 aliphatic carbocycles. The second kappa shape index (κ2) is 6.28. The van der Waals surface area contributed by atoms with Gasteiger partial charge in [0.05, 0.1) is 11.2 Å². The zero-order valence-electron chi connectivity index (χ0n) is 15.7. The van der Waals surface area contributed by atoms with Crippen molar-refractivity contribution in [2.45, 2.75) is 103 Å². The van der Waals surface area contributed by atoms with E-state index in [0.717, 1.165) is 25.7 Å². The third kappa shape index (κ3) is 4.41. The Morgan fingerprint density at radius 1 is 1.09 bits per heavy atom. The Morgan fingerprint density at radius 2 is 1.61 bits per heavy atom. The summed E-state index contributed by atoms with van der Waals surface area (Å²) in [6, 6.07) is 0.0355. The van der Waals surface area contributed by atoms with E-state index in [1.165, 1.54) is 0 Å². The summed E-state index contributed by atoms with van der Waals surface area (Å²) in [6.45, 7) is 13.9. The summed E-state index contributed by atoms with van der Waals surface area (Å²) in [4.78, 5) is 12.1. The number of hydrogen-bond acceptors (Lipinski definition) is 4. The monoisotopic (exact) mass is 325 g/mol. The van der Waals surface area contributed by atoms with E-state index in [1.54, 1.807) is 0 Å². The second-order valence-electron chi connectivity index (χ2n) is 8.83. The molecule has 2 atom stereocenters. The van der Waals surface area contributed by atoms with Crippen molar-refractivity contribution in [3.8, 4) is 0 Å². The lowest BCUT2D eigenvalue weighted by Crippen LogP contribution is -2.47. The molecule has 1 saturated heterocycles. The lowest BCUT2D eigenvalue weighted by atomic mass is 9.62. The highest BCUT2D eigenvalue weighted by atomic mass is 16.7. The van der Waals surface area contributed by atoms with Crippen molar-refractivity contribution in [3.05, 3.63) is 0 Å². The number of nitrogens with one attached hydrogen (secondary N) is 1. The summed E-state index contributed by atoms with van der Waals surface area (Å²) in [6.07, 6.45) is 3.83. The number of carbonyl (C=O) groups is 1. The van der Waals surface area contributed by atoms with Crippen LogP contribution in [-0.4, -0.2) is 36.1 Å². The van der Waals surface area contributed by atoms with Crippen LogP contribution in [0, 0.1) is 0 Å². The summed E-state index contributed by atoms with van der Waals surface area (Å²) in [7, 11) is -0.278. The van der Waals surface area contributed by atoms with Crippen LogP contribution in [0.25, 0.3) is 0 Å². The number of carbonyl (C=O) groups excluding carboxylic acids is 1. The topological polar surface area (TPSA) is 56.8 Å². The molecule has 2 fully saturated rings. The lowest BCUT2D eigenvalue weighted by Gasteiger charge is -2.33. The Hall–Kier alpha value is -0.745. The summed E-state index contributed by atoms with van der Waals surface area (Å²) >= 11 is 0. The Labute approximate surface area is 141 Å². The highest BCUT2D eigenvalue weighted by molar-refractivity contribution is 6.47. The minimum atomic E-state index is -0.488. The minimum Gasteiger partial charge on any atom is -0.444 e. The highest BCUT2D eigenvalue weighted by Crippen LogP contribution is 2.44. The SMILES string of the molecule is CC(C)(C)OC(=O)NC1CCCCC1B1OC(C)(C)C(C)(C)O1. The van der Waals surface area contributed by atoms with E-state index >= 15 is 0 Å². The molecule has 2 aliphatic rings. The molecular formula is C17H32BNO4. The minimum absolute atomic E-state index is 0.0355. The summed E-state index contributed by atoms with van der Waals surface area (Å²) in [5.41, 5.74) is -1.17. The van der Waals surface area contributed by atoms with Crippen molar-refractivity contribution in [3.63, 3.8) is 0 Å². The van der Waals surface area contributed by atoms with E-state index in [4.69, 9.17) is 14.0 Å². The number of rotatable bonds is 2. The van der Waals surface area contributed by atoms with Crippen LogP contribution in [0.4, 0.5) is 4.79 Å². The van der Waals surface area contributed by atoms with Crippen LogP contribution in [0.2, 0.25) is 5.82 Å². The smallest absolute Gasteiger partial charge is 0.444 e. The molecule has 1 aliphatic heterocycles. The van der Waals surface area contributed by atoms with Gasteiger partial charge in [0.1, 0.15) is 5.60 Å². The maximum absolute atomic E-state index is 12.1. The van der Waals surface area contributed by atoms with Gasteiger partial charge in [-0.25, -0.2) is 4.79 Å². The lowest BCUT2D eigenvalue weighted by molar-refractivity contribution is 0.00578. The Balaban J connectivity index is 2.04. The van der Waals surface area contributed by atoms with Crippen LogP contribution in [0.1, 0.15) is 74.1 Å². The van der Waals surface area contributed by atoms with E-state index in [2.05, 4.69) is 33.0 Å². The molecular weight excluding hydrogens is 293 g/mol. The first kappa shape index (κ1) is 18.6. The maximum atomic E-state index is 12.1. The van der Waals surface area contributed by atoms with Crippen molar-refractivity contribution in [2.24, 2.45) is 0 Å².